The van der Waals surface area contributed by atoms with E-state index in [-0.39, 0.29) is 6.04 Å². The fraction of sp³-hybridized carbons (Fsp3) is 0.389. The number of rotatable bonds is 5. The first-order chi connectivity index (χ1) is 12.3. The Kier molecular flexibility index (Phi) is 4.87. The minimum Gasteiger partial charge on any atom is -0.304 e. The van der Waals surface area contributed by atoms with Crippen molar-refractivity contribution < 1.29 is 0 Å². The Morgan fingerprint density at radius 3 is 2.56 bits per heavy atom. The number of hydrogen-bond donors (Lipinski definition) is 0. The van der Waals surface area contributed by atoms with E-state index in [1.807, 2.05) is 10.7 Å². The first kappa shape index (κ1) is 16.4. The van der Waals surface area contributed by atoms with Gasteiger partial charge in [0.1, 0.15) is 6.04 Å². The SMILES string of the molecule is CN1CCN(C(c2cccs2)c2nnnn2Cc2ccccc2)CC1. The lowest BCUT2D eigenvalue weighted by Crippen LogP contribution is -2.46. The van der Waals surface area contributed by atoms with E-state index in [1.54, 1.807) is 11.3 Å². The van der Waals surface area contributed by atoms with Gasteiger partial charge in [-0.25, -0.2) is 4.68 Å². The van der Waals surface area contributed by atoms with Gasteiger partial charge in [0.15, 0.2) is 5.82 Å². The maximum Gasteiger partial charge on any atom is 0.174 e. The second-order valence-electron chi connectivity index (χ2n) is 6.44. The van der Waals surface area contributed by atoms with Gasteiger partial charge in [-0.2, -0.15) is 0 Å². The van der Waals surface area contributed by atoms with Gasteiger partial charge in [-0.15, -0.1) is 16.4 Å². The second-order valence-corrected chi connectivity index (χ2v) is 7.42. The Bertz CT molecular complexity index is 777. The predicted octanol–water partition coefficient (Wildman–Crippen LogP) is 2.12. The molecule has 1 unspecified atom stereocenters. The van der Waals surface area contributed by atoms with Crippen LogP contribution in [0.3, 0.4) is 0 Å². The highest BCUT2D eigenvalue weighted by Crippen LogP contribution is 2.31. The van der Waals surface area contributed by atoms with Crippen molar-refractivity contribution in [1.29, 1.82) is 0 Å². The van der Waals surface area contributed by atoms with Crippen LogP contribution >= 0.6 is 11.3 Å². The lowest BCUT2D eigenvalue weighted by molar-refractivity contribution is 0.123. The van der Waals surface area contributed by atoms with Gasteiger partial charge < -0.3 is 4.90 Å². The maximum atomic E-state index is 4.42. The zero-order chi connectivity index (χ0) is 17.1. The summed E-state index contributed by atoms with van der Waals surface area (Å²) in [6, 6.07) is 14.8. The second kappa shape index (κ2) is 7.43. The number of hydrogen-bond acceptors (Lipinski definition) is 6. The number of likely N-dealkylation sites (N-methyl/N-ethyl adjacent to an activating group) is 1. The molecule has 1 aromatic carbocycles. The van der Waals surface area contributed by atoms with Crippen LogP contribution in [0.25, 0.3) is 0 Å². The van der Waals surface area contributed by atoms with Crippen molar-refractivity contribution in [1.82, 2.24) is 30.0 Å². The normalized spacial score (nSPS) is 17.6. The molecule has 25 heavy (non-hydrogen) atoms. The van der Waals surface area contributed by atoms with Crippen molar-refractivity contribution in [2.24, 2.45) is 0 Å². The van der Waals surface area contributed by atoms with Crippen LogP contribution in [0.4, 0.5) is 0 Å². The van der Waals surface area contributed by atoms with Crippen LogP contribution in [0.1, 0.15) is 22.3 Å². The number of thiophene rings is 1. The van der Waals surface area contributed by atoms with E-state index in [1.165, 1.54) is 10.4 Å². The summed E-state index contributed by atoms with van der Waals surface area (Å²) in [7, 11) is 2.18. The van der Waals surface area contributed by atoms with Gasteiger partial charge in [0, 0.05) is 31.1 Å². The van der Waals surface area contributed by atoms with E-state index in [2.05, 4.69) is 74.2 Å². The summed E-state index contributed by atoms with van der Waals surface area (Å²) in [4.78, 5) is 6.17. The van der Waals surface area contributed by atoms with Crippen molar-refractivity contribution in [3.8, 4) is 0 Å². The van der Waals surface area contributed by atoms with E-state index in [0.717, 1.165) is 32.0 Å². The zero-order valence-electron chi connectivity index (χ0n) is 14.3. The number of tetrazole rings is 1. The first-order valence-electron chi connectivity index (χ1n) is 8.57. The summed E-state index contributed by atoms with van der Waals surface area (Å²) in [5, 5.41) is 14.8. The minimum atomic E-state index is 0.118. The summed E-state index contributed by atoms with van der Waals surface area (Å²) >= 11 is 1.77. The highest BCUT2D eigenvalue weighted by Gasteiger charge is 2.30. The molecule has 1 atom stereocenters. The first-order valence-corrected chi connectivity index (χ1v) is 9.45. The molecule has 2 aromatic heterocycles. The molecule has 7 heteroatoms. The summed E-state index contributed by atoms with van der Waals surface area (Å²) in [5.74, 6) is 0.927. The summed E-state index contributed by atoms with van der Waals surface area (Å²) in [6.07, 6.45) is 0. The monoisotopic (exact) mass is 354 g/mol. The van der Waals surface area contributed by atoms with Crippen molar-refractivity contribution in [2.45, 2.75) is 12.6 Å². The molecule has 0 spiro atoms. The highest BCUT2D eigenvalue weighted by atomic mass is 32.1. The number of nitrogens with zero attached hydrogens (tertiary/aromatic N) is 6. The third-order valence-electron chi connectivity index (χ3n) is 4.70. The number of aromatic nitrogens is 4. The van der Waals surface area contributed by atoms with E-state index in [4.69, 9.17) is 0 Å². The predicted molar refractivity (Wildman–Crippen MR) is 98.6 cm³/mol. The lowest BCUT2D eigenvalue weighted by atomic mass is 10.1. The van der Waals surface area contributed by atoms with Gasteiger partial charge >= 0.3 is 0 Å². The molecule has 3 aromatic rings. The fourth-order valence-corrected chi connectivity index (χ4v) is 4.13. The van der Waals surface area contributed by atoms with Crippen molar-refractivity contribution in [3.63, 3.8) is 0 Å². The van der Waals surface area contributed by atoms with Crippen LogP contribution in [-0.2, 0) is 6.54 Å². The molecule has 0 saturated carbocycles. The lowest BCUT2D eigenvalue weighted by Gasteiger charge is -2.36. The zero-order valence-corrected chi connectivity index (χ0v) is 15.1. The molecule has 0 aliphatic carbocycles. The van der Waals surface area contributed by atoms with Crippen LogP contribution in [0, 0.1) is 0 Å². The maximum absolute atomic E-state index is 4.42. The topological polar surface area (TPSA) is 50.1 Å². The van der Waals surface area contributed by atoms with Crippen molar-refractivity contribution >= 4 is 11.3 Å². The Balaban J connectivity index is 1.65. The average Bonchev–Trinajstić information content (AvgIpc) is 3.31. The Labute approximate surface area is 151 Å². The van der Waals surface area contributed by atoms with Crippen molar-refractivity contribution in [3.05, 3.63) is 64.1 Å². The van der Waals surface area contributed by atoms with Gasteiger partial charge in [0.05, 0.1) is 6.54 Å². The average molecular weight is 354 g/mol. The highest BCUT2D eigenvalue weighted by molar-refractivity contribution is 7.10. The standard InChI is InChI=1S/C18H22N6S/c1-22-9-11-23(12-10-22)17(16-8-5-13-25-16)18-19-20-21-24(18)14-15-6-3-2-4-7-15/h2-8,13,17H,9-12,14H2,1H3. The molecule has 0 amide bonds. The van der Waals surface area contributed by atoms with Gasteiger partial charge in [-0.05, 0) is 34.5 Å². The number of piperazine rings is 1. The smallest absolute Gasteiger partial charge is 0.174 e. The molecule has 130 valence electrons. The molecule has 6 nitrogen and oxygen atoms in total. The van der Waals surface area contributed by atoms with Gasteiger partial charge in [-0.3, -0.25) is 4.90 Å². The van der Waals surface area contributed by atoms with Crippen LogP contribution < -0.4 is 0 Å². The quantitative estimate of drug-likeness (QED) is 0.702. The Morgan fingerprint density at radius 2 is 1.84 bits per heavy atom. The molecule has 0 radical (unpaired) electrons. The van der Waals surface area contributed by atoms with Crippen LogP contribution in [0.5, 0.6) is 0 Å². The Morgan fingerprint density at radius 1 is 1.04 bits per heavy atom. The van der Waals surface area contributed by atoms with Crippen LogP contribution in [0.15, 0.2) is 47.8 Å². The molecule has 1 saturated heterocycles. The number of benzene rings is 1. The van der Waals surface area contributed by atoms with Crippen LogP contribution in [-0.4, -0.2) is 63.2 Å². The minimum absolute atomic E-state index is 0.118. The van der Waals surface area contributed by atoms with E-state index >= 15 is 0 Å². The molecule has 1 aliphatic rings. The molecule has 0 bridgehead atoms. The van der Waals surface area contributed by atoms with E-state index in [9.17, 15) is 0 Å². The summed E-state index contributed by atoms with van der Waals surface area (Å²) in [6.45, 7) is 4.89. The van der Waals surface area contributed by atoms with Crippen LogP contribution in [0.2, 0.25) is 0 Å². The third-order valence-corrected chi connectivity index (χ3v) is 5.62. The fourth-order valence-electron chi connectivity index (χ4n) is 3.27. The molecule has 3 heterocycles. The molecular formula is C18H22N6S. The molecule has 1 fully saturated rings. The molecular weight excluding hydrogens is 332 g/mol. The van der Waals surface area contributed by atoms with E-state index < -0.39 is 0 Å². The van der Waals surface area contributed by atoms with Gasteiger partial charge in [-0.1, -0.05) is 36.4 Å². The summed E-state index contributed by atoms with van der Waals surface area (Å²) in [5.41, 5.74) is 1.21. The van der Waals surface area contributed by atoms with Gasteiger partial charge in [0.2, 0.25) is 0 Å². The van der Waals surface area contributed by atoms with E-state index in [0.29, 0.717) is 6.54 Å². The molecule has 4 rings (SSSR count). The third kappa shape index (κ3) is 3.63. The molecule has 0 N–H and O–H groups in total. The summed E-state index contributed by atoms with van der Waals surface area (Å²) < 4.78 is 1.94. The van der Waals surface area contributed by atoms with Crippen molar-refractivity contribution in [2.75, 3.05) is 33.2 Å². The molecule has 1 aliphatic heterocycles. The Hall–Kier alpha value is -2.09. The largest absolute Gasteiger partial charge is 0.304 e. The van der Waals surface area contributed by atoms with Gasteiger partial charge in [0.25, 0.3) is 0 Å².